The number of pyridine rings is 1. The van der Waals surface area contributed by atoms with Gasteiger partial charge in [-0.1, -0.05) is 12.5 Å². The van der Waals surface area contributed by atoms with Gasteiger partial charge in [-0.25, -0.2) is 0 Å². The fourth-order valence-corrected chi connectivity index (χ4v) is 3.35. The second kappa shape index (κ2) is 8.11. The van der Waals surface area contributed by atoms with Gasteiger partial charge >= 0.3 is 0 Å². The Morgan fingerprint density at radius 1 is 1.38 bits per heavy atom. The van der Waals surface area contributed by atoms with Crippen LogP contribution in [0.4, 0.5) is 0 Å². The number of rotatable bonds is 6. The molecule has 2 aromatic rings. The zero-order valence-corrected chi connectivity index (χ0v) is 14.2. The third-order valence-electron chi connectivity index (χ3n) is 4.65. The van der Waals surface area contributed by atoms with Crippen LogP contribution in [0.1, 0.15) is 37.3 Å². The van der Waals surface area contributed by atoms with Crippen LogP contribution in [0.2, 0.25) is 0 Å². The van der Waals surface area contributed by atoms with E-state index < -0.39 is 0 Å². The first-order chi connectivity index (χ1) is 11.8. The van der Waals surface area contributed by atoms with Crippen molar-refractivity contribution in [2.24, 2.45) is 0 Å². The van der Waals surface area contributed by atoms with Gasteiger partial charge in [0.1, 0.15) is 0 Å². The molecule has 0 aromatic carbocycles. The molecule has 5 heteroatoms. The van der Waals surface area contributed by atoms with Crippen molar-refractivity contribution in [1.82, 2.24) is 14.8 Å². The van der Waals surface area contributed by atoms with Crippen molar-refractivity contribution >= 4 is 5.91 Å². The van der Waals surface area contributed by atoms with Gasteiger partial charge in [0.2, 0.25) is 5.91 Å². The summed E-state index contributed by atoms with van der Waals surface area (Å²) in [6.07, 6.45) is 10.2. The van der Waals surface area contributed by atoms with E-state index >= 15 is 0 Å². The van der Waals surface area contributed by atoms with Gasteiger partial charge in [-0.2, -0.15) is 0 Å². The summed E-state index contributed by atoms with van der Waals surface area (Å²) in [5, 5.41) is 0. The highest BCUT2D eigenvalue weighted by molar-refractivity contribution is 5.82. The minimum Gasteiger partial charge on any atom is -0.472 e. The lowest BCUT2D eigenvalue weighted by Gasteiger charge is -2.37. The van der Waals surface area contributed by atoms with Crippen LogP contribution in [0.5, 0.6) is 0 Å². The highest BCUT2D eigenvalue weighted by atomic mass is 16.3. The second-order valence-corrected chi connectivity index (χ2v) is 6.33. The minimum atomic E-state index is -0.0363. The van der Waals surface area contributed by atoms with Gasteiger partial charge in [-0.05, 0) is 44.0 Å². The van der Waals surface area contributed by atoms with E-state index in [1.165, 1.54) is 0 Å². The number of nitrogens with zero attached hydrogens (tertiary/aromatic N) is 3. The topological polar surface area (TPSA) is 49.6 Å². The van der Waals surface area contributed by atoms with Crippen LogP contribution in [-0.4, -0.2) is 39.8 Å². The Morgan fingerprint density at radius 3 is 3.00 bits per heavy atom. The predicted molar refractivity (Wildman–Crippen MR) is 92.1 cm³/mol. The zero-order valence-electron chi connectivity index (χ0n) is 14.2. The monoisotopic (exact) mass is 327 g/mol. The van der Waals surface area contributed by atoms with Gasteiger partial charge in [0.05, 0.1) is 18.6 Å². The summed E-state index contributed by atoms with van der Waals surface area (Å²) in [4.78, 5) is 21.5. The average molecular weight is 327 g/mol. The number of carbonyl (C=O) groups excluding carboxylic acids is 1. The van der Waals surface area contributed by atoms with Crippen LogP contribution in [0.25, 0.3) is 0 Å². The van der Waals surface area contributed by atoms with E-state index in [9.17, 15) is 4.79 Å². The van der Waals surface area contributed by atoms with E-state index in [2.05, 4.69) is 16.0 Å². The molecule has 24 heavy (non-hydrogen) atoms. The summed E-state index contributed by atoms with van der Waals surface area (Å²) in [7, 11) is 0. The highest BCUT2D eigenvalue weighted by Crippen LogP contribution is 2.22. The Bertz CT molecular complexity index is 627. The smallest absolute Gasteiger partial charge is 0.240 e. The van der Waals surface area contributed by atoms with Crippen LogP contribution in [0.15, 0.2) is 47.5 Å². The average Bonchev–Trinajstić information content (AvgIpc) is 3.14. The van der Waals surface area contributed by atoms with Crippen LogP contribution in [-0.2, 0) is 17.9 Å². The third kappa shape index (κ3) is 4.03. The maximum atomic E-state index is 13.1. The molecule has 3 rings (SSSR count). The molecule has 0 saturated carbocycles. The Kier molecular flexibility index (Phi) is 5.64. The molecule has 0 spiro atoms. The molecule has 1 aliphatic rings. The molecule has 1 aliphatic heterocycles. The van der Waals surface area contributed by atoms with E-state index in [0.29, 0.717) is 13.1 Å². The molecule has 0 N–H and O–H groups in total. The van der Waals surface area contributed by atoms with Gasteiger partial charge in [0.25, 0.3) is 0 Å². The number of hydrogen-bond donors (Lipinski definition) is 0. The molecular weight excluding hydrogens is 302 g/mol. The minimum absolute atomic E-state index is 0.0363. The van der Waals surface area contributed by atoms with Crippen molar-refractivity contribution in [1.29, 1.82) is 0 Å². The number of likely N-dealkylation sites (tertiary alicyclic amines) is 1. The van der Waals surface area contributed by atoms with Crippen LogP contribution in [0, 0.1) is 0 Å². The van der Waals surface area contributed by atoms with Crippen molar-refractivity contribution in [3.63, 3.8) is 0 Å². The van der Waals surface area contributed by atoms with Crippen LogP contribution in [0.3, 0.4) is 0 Å². The first-order valence-corrected chi connectivity index (χ1v) is 8.70. The summed E-state index contributed by atoms with van der Waals surface area (Å²) in [5.41, 5.74) is 2.20. The normalized spacial score (nSPS) is 18.5. The first kappa shape index (κ1) is 16.7. The van der Waals surface area contributed by atoms with E-state index in [-0.39, 0.29) is 11.9 Å². The molecule has 1 amide bonds. The number of carbonyl (C=O) groups is 1. The summed E-state index contributed by atoms with van der Waals surface area (Å²) in [6, 6.07) is 5.91. The Labute approximate surface area is 143 Å². The lowest BCUT2D eigenvalue weighted by Crippen LogP contribution is -2.50. The third-order valence-corrected chi connectivity index (χ3v) is 4.65. The molecule has 3 heterocycles. The lowest BCUT2D eigenvalue weighted by molar-refractivity contribution is -0.139. The van der Waals surface area contributed by atoms with Crippen molar-refractivity contribution in [2.45, 2.75) is 45.3 Å². The molecule has 5 nitrogen and oxygen atoms in total. The van der Waals surface area contributed by atoms with Crippen molar-refractivity contribution in [2.75, 3.05) is 13.1 Å². The molecule has 0 aliphatic carbocycles. The number of amides is 1. The standard InChI is InChI=1S/C19H25N3O2/c1-2-21(14-17-8-11-24-15-17)19(23)18-7-3-4-10-22(18)13-16-6-5-9-20-12-16/h5-6,8-9,11-12,15,18H,2-4,7,10,13-14H2,1H3/t18-/m0/s1. The van der Waals surface area contributed by atoms with E-state index in [4.69, 9.17) is 4.42 Å². The molecule has 128 valence electrons. The molecular formula is C19H25N3O2. The summed E-state index contributed by atoms with van der Waals surface area (Å²) in [6.45, 7) is 5.11. The number of likely N-dealkylation sites (N-methyl/N-ethyl adjacent to an activating group) is 1. The molecule has 1 atom stereocenters. The number of piperidine rings is 1. The summed E-state index contributed by atoms with van der Waals surface area (Å²) < 4.78 is 5.13. The molecule has 1 fully saturated rings. The van der Waals surface area contributed by atoms with Gasteiger partial charge in [-0.15, -0.1) is 0 Å². The van der Waals surface area contributed by atoms with Gasteiger partial charge < -0.3 is 9.32 Å². The number of aromatic nitrogens is 1. The maximum Gasteiger partial charge on any atom is 0.240 e. The molecule has 2 aromatic heterocycles. The maximum absolute atomic E-state index is 13.1. The number of hydrogen-bond acceptors (Lipinski definition) is 4. The van der Waals surface area contributed by atoms with Gasteiger partial charge in [0.15, 0.2) is 0 Å². The SMILES string of the molecule is CCN(Cc1ccoc1)C(=O)[C@@H]1CCCCN1Cc1cccnc1. The van der Waals surface area contributed by atoms with Crippen molar-refractivity contribution < 1.29 is 9.21 Å². The van der Waals surface area contributed by atoms with E-state index in [0.717, 1.165) is 43.5 Å². The van der Waals surface area contributed by atoms with Crippen molar-refractivity contribution in [3.8, 4) is 0 Å². The van der Waals surface area contributed by atoms with Gasteiger partial charge in [-0.3, -0.25) is 14.7 Å². The van der Waals surface area contributed by atoms with Gasteiger partial charge in [0, 0.05) is 37.6 Å². The second-order valence-electron chi connectivity index (χ2n) is 6.33. The summed E-state index contributed by atoms with van der Waals surface area (Å²) in [5.74, 6) is 0.224. The first-order valence-electron chi connectivity index (χ1n) is 8.70. The van der Waals surface area contributed by atoms with Crippen LogP contribution >= 0.6 is 0 Å². The predicted octanol–water partition coefficient (Wildman–Crippen LogP) is 3.08. The van der Waals surface area contributed by atoms with E-state index in [1.807, 2.05) is 30.2 Å². The molecule has 0 unspecified atom stereocenters. The summed E-state index contributed by atoms with van der Waals surface area (Å²) >= 11 is 0. The Balaban J connectivity index is 1.70. The fraction of sp³-hybridized carbons (Fsp3) is 0.474. The van der Waals surface area contributed by atoms with E-state index in [1.54, 1.807) is 18.7 Å². The number of furan rings is 1. The molecule has 0 bridgehead atoms. The van der Waals surface area contributed by atoms with Crippen molar-refractivity contribution in [3.05, 3.63) is 54.2 Å². The highest BCUT2D eigenvalue weighted by Gasteiger charge is 2.31. The fourth-order valence-electron chi connectivity index (χ4n) is 3.35. The van der Waals surface area contributed by atoms with Crippen LogP contribution < -0.4 is 0 Å². The quantitative estimate of drug-likeness (QED) is 0.818. The largest absolute Gasteiger partial charge is 0.472 e. The Hall–Kier alpha value is -2.14. The molecule has 0 radical (unpaired) electrons. The zero-order chi connectivity index (χ0) is 16.8. The molecule has 1 saturated heterocycles. The Morgan fingerprint density at radius 2 is 2.29 bits per heavy atom. The lowest BCUT2D eigenvalue weighted by atomic mass is 10.00.